The van der Waals surface area contributed by atoms with Crippen LogP contribution in [0, 0.1) is 0 Å². The Bertz CT molecular complexity index is 673. The molecule has 24 heavy (non-hydrogen) atoms. The van der Waals surface area contributed by atoms with E-state index in [1.807, 2.05) is 24.3 Å². The molecular weight excluding hydrogens is 302 g/mol. The van der Waals surface area contributed by atoms with Gasteiger partial charge < -0.3 is 15.4 Å². The SMILES string of the molecule is CCC(C)Nc1cc(C(=O)NCCc2cccc(OC)c2)ccn1. The number of benzene rings is 1. The van der Waals surface area contributed by atoms with Gasteiger partial charge in [0.2, 0.25) is 0 Å². The molecule has 1 aromatic heterocycles. The number of hydrogen-bond donors (Lipinski definition) is 2. The van der Waals surface area contributed by atoms with Gasteiger partial charge in [0.05, 0.1) is 7.11 Å². The number of rotatable bonds is 8. The van der Waals surface area contributed by atoms with Crippen molar-refractivity contribution in [1.29, 1.82) is 0 Å². The standard InChI is InChI=1S/C19H25N3O2/c1-4-14(2)22-18-13-16(9-11-20-18)19(23)21-10-8-15-6-5-7-17(12-15)24-3/h5-7,9,11-14H,4,8,10H2,1-3H3,(H,20,22)(H,21,23). The van der Waals surface area contributed by atoms with E-state index in [4.69, 9.17) is 4.74 Å². The molecule has 128 valence electrons. The Balaban J connectivity index is 1.89. The zero-order valence-corrected chi connectivity index (χ0v) is 14.5. The highest BCUT2D eigenvalue weighted by atomic mass is 16.5. The van der Waals surface area contributed by atoms with E-state index < -0.39 is 0 Å². The Hall–Kier alpha value is -2.56. The minimum absolute atomic E-state index is 0.0903. The molecule has 0 fully saturated rings. The van der Waals surface area contributed by atoms with Gasteiger partial charge in [-0.15, -0.1) is 0 Å². The lowest BCUT2D eigenvalue weighted by Gasteiger charge is -2.13. The van der Waals surface area contributed by atoms with E-state index in [1.165, 1.54) is 0 Å². The summed E-state index contributed by atoms with van der Waals surface area (Å²) in [5, 5.41) is 6.22. The first-order chi connectivity index (χ1) is 11.6. The number of carbonyl (C=O) groups excluding carboxylic acids is 1. The van der Waals surface area contributed by atoms with Crippen LogP contribution in [0.2, 0.25) is 0 Å². The first-order valence-electron chi connectivity index (χ1n) is 8.26. The normalized spacial score (nSPS) is 11.6. The van der Waals surface area contributed by atoms with Crippen LogP contribution in [0.5, 0.6) is 5.75 Å². The summed E-state index contributed by atoms with van der Waals surface area (Å²) in [6, 6.07) is 11.7. The van der Waals surface area contributed by atoms with Crippen LogP contribution in [0.25, 0.3) is 0 Å². The third kappa shape index (κ3) is 5.26. The third-order valence-electron chi connectivity index (χ3n) is 3.86. The maximum atomic E-state index is 12.3. The predicted molar refractivity (Wildman–Crippen MR) is 96.6 cm³/mol. The molecule has 0 aliphatic rings. The van der Waals surface area contributed by atoms with Gasteiger partial charge in [0.15, 0.2) is 0 Å². The minimum atomic E-state index is -0.0903. The molecule has 1 amide bonds. The Morgan fingerprint density at radius 1 is 1.29 bits per heavy atom. The fourth-order valence-corrected chi connectivity index (χ4v) is 2.26. The van der Waals surface area contributed by atoms with Crippen molar-refractivity contribution >= 4 is 11.7 Å². The number of aromatic nitrogens is 1. The number of pyridine rings is 1. The number of amides is 1. The lowest BCUT2D eigenvalue weighted by atomic mass is 10.1. The summed E-state index contributed by atoms with van der Waals surface area (Å²) in [6.07, 6.45) is 3.41. The number of ether oxygens (including phenoxy) is 1. The maximum Gasteiger partial charge on any atom is 0.251 e. The van der Waals surface area contributed by atoms with Gasteiger partial charge in [-0.05, 0) is 49.6 Å². The van der Waals surface area contributed by atoms with Gasteiger partial charge in [0, 0.05) is 24.3 Å². The van der Waals surface area contributed by atoms with Gasteiger partial charge in [-0.25, -0.2) is 4.98 Å². The maximum absolute atomic E-state index is 12.3. The molecule has 0 bridgehead atoms. The molecule has 5 heteroatoms. The molecule has 2 aromatic rings. The Morgan fingerprint density at radius 2 is 2.12 bits per heavy atom. The molecule has 1 atom stereocenters. The topological polar surface area (TPSA) is 63.2 Å². The van der Waals surface area contributed by atoms with E-state index in [-0.39, 0.29) is 5.91 Å². The number of hydrogen-bond acceptors (Lipinski definition) is 4. The Labute approximate surface area is 143 Å². The summed E-state index contributed by atoms with van der Waals surface area (Å²) >= 11 is 0. The molecule has 1 unspecified atom stereocenters. The first-order valence-corrected chi connectivity index (χ1v) is 8.26. The van der Waals surface area contributed by atoms with Gasteiger partial charge in [-0.1, -0.05) is 19.1 Å². The molecule has 0 saturated carbocycles. The smallest absolute Gasteiger partial charge is 0.251 e. The summed E-state index contributed by atoms with van der Waals surface area (Å²) in [5.41, 5.74) is 1.74. The number of nitrogens with one attached hydrogen (secondary N) is 2. The average Bonchev–Trinajstić information content (AvgIpc) is 2.62. The van der Waals surface area contributed by atoms with Gasteiger partial charge in [0.25, 0.3) is 5.91 Å². The molecule has 1 heterocycles. The lowest BCUT2D eigenvalue weighted by Crippen LogP contribution is -2.26. The number of nitrogens with zero attached hydrogens (tertiary/aromatic N) is 1. The van der Waals surface area contributed by atoms with Crippen LogP contribution in [-0.2, 0) is 6.42 Å². The van der Waals surface area contributed by atoms with E-state index in [2.05, 4.69) is 29.5 Å². The van der Waals surface area contributed by atoms with Crippen molar-refractivity contribution in [2.75, 3.05) is 19.0 Å². The molecule has 0 aliphatic carbocycles. The van der Waals surface area contributed by atoms with E-state index in [9.17, 15) is 4.79 Å². The summed E-state index contributed by atoms with van der Waals surface area (Å²) < 4.78 is 5.20. The monoisotopic (exact) mass is 327 g/mol. The molecule has 1 aromatic carbocycles. The summed E-state index contributed by atoms with van der Waals surface area (Å²) in [7, 11) is 1.65. The first kappa shape index (κ1) is 17.8. The van der Waals surface area contributed by atoms with Crippen molar-refractivity contribution in [2.45, 2.75) is 32.7 Å². The minimum Gasteiger partial charge on any atom is -0.497 e. The van der Waals surface area contributed by atoms with Crippen molar-refractivity contribution < 1.29 is 9.53 Å². The van der Waals surface area contributed by atoms with Crippen LogP contribution in [-0.4, -0.2) is 30.6 Å². The van der Waals surface area contributed by atoms with Crippen LogP contribution in [0.3, 0.4) is 0 Å². The highest BCUT2D eigenvalue weighted by Crippen LogP contribution is 2.13. The summed E-state index contributed by atoms with van der Waals surface area (Å²) in [5.74, 6) is 1.46. The molecule has 0 radical (unpaired) electrons. The molecule has 2 N–H and O–H groups in total. The average molecular weight is 327 g/mol. The highest BCUT2D eigenvalue weighted by Gasteiger charge is 2.08. The van der Waals surface area contributed by atoms with E-state index in [0.29, 0.717) is 18.2 Å². The van der Waals surface area contributed by atoms with Gasteiger partial charge in [0.1, 0.15) is 11.6 Å². The summed E-state index contributed by atoms with van der Waals surface area (Å²) in [4.78, 5) is 16.5. The zero-order valence-electron chi connectivity index (χ0n) is 14.5. The third-order valence-corrected chi connectivity index (χ3v) is 3.86. The molecule has 0 aliphatic heterocycles. The lowest BCUT2D eigenvalue weighted by molar-refractivity contribution is 0.0954. The van der Waals surface area contributed by atoms with Crippen LogP contribution in [0.1, 0.15) is 36.2 Å². The van der Waals surface area contributed by atoms with Crippen molar-refractivity contribution in [3.63, 3.8) is 0 Å². The van der Waals surface area contributed by atoms with E-state index in [0.717, 1.165) is 30.0 Å². The zero-order chi connectivity index (χ0) is 17.4. The van der Waals surface area contributed by atoms with Crippen molar-refractivity contribution in [2.24, 2.45) is 0 Å². The van der Waals surface area contributed by atoms with Gasteiger partial charge in [-0.2, -0.15) is 0 Å². The summed E-state index contributed by atoms with van der Waals surface area (Å²) in [6.45, 7) is 4.76. The van der Waals surface area contributed by atoms with Crippen LogP contribution in [0.4, 0.5) is 5.82 Å². The number of anilines is 1. The second-order valence-corrected chi connectivity index (χ2v) is 5.74. The van der Waals surface area contributed by atoms with Crippen LogP contribution < -0.4 is 15.4 Å². The van der Waals surface area contributed by atoms with Gasteiger partial charge >= 0.3 is 0 Å². The van der Waals surface area contributed by atoms with Gasteiger partial charge in [-0.3, -0.25) is 4.79 Å². The van der Waals surface area contributed by atoms with Crippen molar-refractivity contribution in [3.8, 4) is 5.75 Å². The van der Waals surface area contributed by atoms with E-state index in [1.54, 1.807) is 25.4 Å². The van der Waals surface area contributed by atoms with Crippen LogP contribution in [0.15, 0.2) is 42.6 Å². The largest absolute Gasteiger partial charge is 0.497 e. The van der Waals surface area contributed by atoms with E-state index >= 15 is 0 Å². The molecule has 2 rings (SSSR count). The van der Waals surface area contributed by atoms with Crippen LogP contribution >= 0.6 is 0 Å². The van der Waals surface area contributed by atoms with Crippen molar-refractivity contribution in [1.82, 2.24) is 10.3 Å². The molecule has 5 nitrogen and oxygen atoms in total. The second kappa shape index (κ2) is 8.91. The fourth-order valence-electron chi connectivity index (χ4n) is 2.26. The highest BCUT2D eigenvalue weighted by molar-refractivity contribution is 5.94. The number of carbonyl (C=O) groups is 1. The van der Waals surface area contributed by atoms with Crippen molar-refractivity contribution in [3.05, 3.63) is 53.7 Å². The quantitative estimate of drug-likeness (QED) is 0.781. The Kier molecular flexibility index (Phi) is 6.61. The Morgan fingerprint density at radius 3 is 2.88 bits per heavy atom. The number of methoxy groups -OCH3 is 1. The fraction of sp³-hybridized carbons (Fsp3) is 0.368. The molecule has 0 saturated heterocycles. The molecular formula is C19H25N3O2. The second-order valence-electron chi connectivity index (χ2n) is 5.74. The predicted octanol–water partition coefficient (Wildman–Crippen LogP) is 3.27. The molecule has 0 spiro atoms.